The maximum absolute atomic E-state index is 11.5. The quantitative estimate of drug-likeness (QED) is 0.436. The Kier molecular flexibility index (Phi) is 6.53. The summed E-state index contributed by atoms with van der Waals surface area (Å²) in [6, 6.07) is 0. The van der Waals surface area contributed by atoms with Crippen molar-refractivity contribution in [3.63, 3.8) is 0 Å². The standard InChI is InChI=1S/C10H20N4O3/c15-9-7-14(8-10(16)17)6-5-12-2-1-11-3-4-13-9/h11-12H,1-8H2,(H,13,15)(H,16,17). The third-order valence-corrected chi connectivity index (χ3v) is 2.43. The molecular formula is C10H20N4O3. The lowest BCUT2D eigenvalue weighted by molar-refractivity contribution is -0.138. The van der Waals surface area contributed by atoms with Crippen molar-refractivity contribution in [3.05, 3.63) is 0 Å². The molecule has 0 spiro atoms. The minimum Gasteiger partial charge on any atom is -0.480 e. The van der Waals surface area contributed by atoms with Crippen LogP contribution in [-0.2, 0) is 9.59 Å². The SMILES string of the molecule is O=C(O)CN1CCNCCNCCNC(=O)C1. The second-order valence-corrected chi connectivity index (χ2v) is 3.95. The average molecular weight is 244 g/mol. The minimum absolute atomic E-state index is 0.104. The van der Waals surface area contributed by atoms with Gasteiger partial charge in [0.05, 0.1) is 13.1 Å². The van der Waals surface area contributed by atoms with Crippen LogP contribution < -0.4 is 16.0 Å². The summed E-state index contributed by atoms with van der Waals surface area (Å²) in [4.78, 5) is 23.8. The number of carboxylic acid groups (broad SMARTS) is 1. The molecule has 0 unspecified atom stereocenters. The smallest absolute Gasteiger partial charge is 0.317 e. The van der Waals surface area contributed by atoms with Crippen molar-refractivity contribution in [1.29, 1.82) is 0 Å². The molecule has 0 bridgehead atoms. The van der Waals surface area contributed by atoms with E-state index in [1.54, 1.807) is 4.90 Å². The third-order valence-electron chi connectivity index (χ3n) is 2.43. The topological polar surface area (TPSA) is 93.7 Å². The highest BCUT2D eigenvalue weighted by atomic mass is 16.4. The molecule has 4 N–H and O–H groups in total. The molecule has 0 aromatic heterocycles. The predicted molar refractivity (Wildman–Crippen MR) is 62.8 cm³/mol. The first kappa shape index (κ1) is 13.9. The van der Waals surface area contributed by atoms with Crippen molar-refractivity contribution < 1.29 is 14.7 Å². The molecule has 7 nitrogen and oxygen atoms in total. The Hall–Kier alpha value is -1.18. The Morgan fingerprint density at radius 1 is 1.18 bits per heavy atom. The average Bonchev–Trinajstić information content (AvgIpc) is 2.23. The first-order valence-corrected chi connectivity index (χ1v) is 5.81. The molecule has 98 valence electrons. The number of amides is 1. The van der Waals surface area contributed by atoms with Crippen LogP contribution >= 0.6 is 0 Å². The number of hydrogen-bond donors (Lipinski definition) is 4. The third kappa shape index (κ3) is 6.88. The van der Waals surface area contributed by atoms with Gasteiger partial charge < -0.3 is 21.1 Å². The summed E-state index contributed by atoms with van der Waals surface area (Å²) in [6.07, 6.45) is 0. The van der Waals surface area contributed by atoms with Gasteiger partial charge in [0.1, 0.15) is 0 Å². The summed E-state index contributed by atoms with van der Waals surface area (Å²) in [5.41, 5.74) is 0. The Morgan fingerprint density at radius 3 is 2.53 bits per heavy atom. The van der Waals surface area contributed by atoms with Crippen LogP contribution in [0.5, 0.6) is 0 Å². The van der Waals surface area contributed by atoms with Crippen molar-refractivity contribution in [2.45, 2.75) is 0 Å². The maximum atomic E-state index is 11.5. The van der Waals surface area contributed by atoms with Crippen molar-refractivity contribution in [2.24, 2.45) is 0 Å². The first-order valence-electron chi connectivity index (χ1n) is 5.81. The van der Waals surface area contributed by atoms with Crippen LogP contribution in [0.4, 0.5) is 0 Å². The lowest BCUT2D eigenvalue weighted by Crippen LogP contribution is -2.45. The molecule has 1 fully saturated rings. The zero-order chi connectivity index (χ0) is 12.5. The van der Waals surface area contributed by atoms with E-state index in [1.807, 2.05) is 0 Å². The molecule has 0 radical (unpaired) electrons. The normalized spacial score (nSPS) is 21.1. The van der Waals surface area contributed by atoms with E-state index in [1.165, 1.54) is 0 Å². The summed E-state index contributed by atoms with van der Waals surface area (Å²) in [6.45, 7) is 4.25. The monoisotopic (exact) mass is 244 g/mol. The van der Waals surface area contributed by atoms with E-state index in [-0.39, 0.29) is 19.0 Å². The minimum atomic E-state index is -0.911. The van der Waals surface area contributed by atoms with Crippen LogP contribution in [0.15, 0.2) is 0 Å². The van der Waals surface area contributed by atoms with Crippen molar-refractivity contribution in [2.75, 3.05) is 52.4 Å². The van der Waals surface area contributed by atoms with Gasteiger partial charge in [0.15, 0.2) is 0 Å². The molecule has 0 atom stereocenters. The summed E-state index contributed by atoms with van der Waals surface area (Å²) in [5, 5.41) is 17.9. The van der Waals surface area contributed by atoms with E-state index < -0.39 is 5.97 Å². The summed E-state index contributed by atoms with van der Waals surface area (Å²) >= 11 is 0. The molecule has 1 aliphatic heterocycles. The molecule has 17 heavy (non-hydrogen) atoms. The second-order valence-electron chi connectivity index (χ2n) is 3.95. The number of hydrogen-bond acceptors (Lipinski definition) is 5. The molecule has 0 aromatic carbocycles. The molecule has 1 aliphatic rings. The van der Waals surface area contributed by atoms with Gasteiger partial charge in [0, 0.05) is 39.3 Å². The van der Waals surface area contributed by atoms with Crippen LogP contribution in [0.2, 0.25) is 0 Å². The Morgan fingerprint density at radius 2 is 1.82 bits per heavy atom. The second kappa shape index (κ2) is 7.99. The number of nitrogens with one attached hydrogen (secondary N) is 3. The Labute approximate surface area is 101 Å². The number of carboxylic acids is 1. The van der Waals surface area contributed by atoms with Gasteiger partial charge in [-0.1, -0.05) is 0 Å². The van der Waals surface area contributed by atoms with Crippen molar-refractivity contribution in [1.82, 2.24) is 20.9 Å². The molecule has 0 aliphatic carbocycles. The predicted octanol–water partition coefficient (Wildman–Crippen LogP) is -2.32. The number of nitrogens with zero attached hydrogens (tertiary/aromatic N) is 1. The van der Waals surface area contributed by atoms with Gasteiger partial charge in [-0.25, -0.2) is 0 Å². The fourth-order valence-corrected chi connectivity index (χ4v) is 1.62. The number of aliphatic carboxylic acids is 1. The molecule has 7 heteroatoms. The summed E-state index contributed by atoms with van der Waals surface area (Å²) < 4.78 is 0. The van der Waals surface area contributed by atoms with Gasteiger partial charge in [0.25, 0.3) is 0 Å². The molecule has 1 saturated heterocycles. The van der Waals surface area contributed by atoms with E-state index in [4.69, 9.17) is 5.11 Å². The fraction of sp³-hybridized carbons (Fsp3) is 0.800. The largest absolute Gasteiger partial charge is 0.480 e. The van der Waals surface area contributed by atoms with Crippen molar-refractivity contribution in [3.8, 4) is 0 Å². The van der Waals surface area contributed by atoms with Gasteiger partial charge in [-0.15, -0.1) is 0 Å². The number of carbonyl (C=O) groups excluding carboxylic acids is 1. The highest BCUT2D eigenvalue weighted by Crippen LogP contribution is 1.88. The van der Waals surface area contributed by atoms with Crippen LogP contribution in [-0.4, -0.2) is 74.2 Å². The van der Waals surface area contributed by atoms with E-state index in [2.05, 4.69) is 16.0 Å². The zero-order valence-electron chi connectivity index (χ0n) is 9.87. The fourth-order valence-electron chi connectivity index (χ4n) is 1.62. The van der Waals surface area contributed by atoms with E-state index >= 15 is 0 Å². The molecule has 1 amide bonds. The van der Waals surface area contributed by atoms with Gasteiger partial charge in [0.2, 0.25) is 5.91 Å². The molecular weight excluding hydrogens is 224 g/mol. The number of rotatable bonds is 2. The summed E-state index contributed by atoms with van der Waals surface area (Å²) in [7, 11) is 0. The molecule has 1 heterocycles. The molecule has 1 rings (SSSR count). The highest BCUT2D eigenvalue weighted by Gasteiger charge is 2.13. The van der Waals surface area contributed by atoms with Crippen LogP contribution in [0, 0.1) is 0 Å². The van der Waals surface area contributed by atoms with Crippen LogP contribution in [0.3, 0.4) is 0 Å². The van der Waals surface area contributed by atoms with Gasteiger partial charge in [-0.05, 0) is 0 Å². The Balaban J connectivity index is 2.42. The van der Waals surface area contributed by atoms with Crippen LogP contribution in [0.1, 0.15) is 0 Å². The lowest BCUT2D eigenvalue weighted by Gasteiger charge is -2.21. The van der Waals surface area contributed by atoms with Crippen molar-refractivity contribution >= 4 is 11.9 Å². The van der Waals surface area contributed by atoms with E-state index in [9.17, 15) is 9.59 Å². The van der Waals surface area contributed by atoms with Gasteiger partial charge in [-0.3, -0.25) is 14.5 Å². The van der Waals surface area contributed by atoms with E-state index in [0.29, 0.717) is 19.6 Å². The lowest BCUT2D eigenvalue weighted by atomic mass is 10.4. The zero-order valence-corrected chi connectivity index (χ0v) is 9.87. The summed E-state index contributed by atoms with van der Waals surface area (Å²) in [5.74, 6) is -1.04. The highest BCUT2D eigenvalue weighted by molar-refractivity contribution is 5.79. The van der Waals surface area contributed by atoms with E-state index in [0.717, 1.165) is 19.6 Å². The molecule has 0 saturated carbocycles. The maximum Gasteiger partial charge on any atom is 0.317 e. The van der Waals surface area contributed by atoms with Gasteiger partial charge in [-0.2, -0.15) is 0 Å². The molecule has 0 aromatic rings. The Bertz CT molecular complexity index is 260. The first-order chi connectivity index (χ1) is 8.18. The van der Waals surface area contributed by atoms with Crippen LogP contribution in [0.25, 0.3) is 0 Å². The number of carbonyl (C=O) groups is 2. The van der Waals surface area contributed by atoms with Gasteiger partial charge >= 0.3 is 5.97 Å².